The second-order valence-corrected chi connectivity index (χ2v) is 5.07. The lowest BCUT2D eigenvalue weighted by molar-refractivity contribution is 0.0690. The monoisotopic (exact) mass is 309 g/mol. The topological polar surface area (TPSA) is 88.2 Å². The fourth-order valence-electron chi connectivity index (χ4n) is 2.15. The van der Waals surface area contributed by atoms with Crippen LogP contribution in [-0.4, -0.2) is 21.0 Å². The number of aromatic nitrogens is 2. The highest BCUT2D eigenvalue weighted by Crippen LogP contribution is 2.19. The summed E-state index contributed by atoms with van der Waals surface area (Å²) in [5.74, 6) is 0.445. The first-order chi connectivity index (χ1) is 11.1. The highest BCUT2D eigenvalue weighted by Gasteiger charge is 2.12. The number of rotatable bonds is 5. The van der Waals surface area contributed by atoms with Gasteiger partial charge in [-0.1, -0.05) is 23.8 Å². The molecule has 0 atom stereocenters. The van der Waals surface area contributed by atoms with Crippen LogP contribution in [0, 0.1) is 6.92 Å². The number of benzene rings is 1. The molecule has 3 aromatic rings. The number of hydrogen-bond acceptors (Lipinski definition) is 5. The summed E-state index contributed by atoms with van der Waals surface area (Å²) in [5, 5.41) is 12.3. The summed E-state index contributed by atoms with van der Waals surface area (Å²) in [5.41, 5.74) is 1.77. The van der Waals surface area contributed by atoms with Crippen LogP contribution in [0.5, 0.6) is 0 Å². The molecule has 0 aliphatic heterocycles. The van der Waals surface area contributed by atoms with Crippen LogP contribution in [0.1, 0.15) is 21.8 Å². The maximum absolute atomic E-state index is 11.3. The molecule has 0 amide bonds. The van der Waals surface area contributed by atoms with Gasteiger partial charge in [-0.05, 0) is 25.1 Å². The molecule has 0 unspecified atom stereocenters. The van der Waals surface area contributed by atoms with Gasteiger partial charge < -0.3 is 14.8 Å². The zero-order chi connectivity index (χ0) is 16.2. The van der Waals surface area contributed by atoms with Gasteiger partial charge in [0.05, 0.1) is 12.8 Å². The molecule has 2 N–H and O–H groups in total. The molecular formula is C17H15N3O3. The smallest absolute Gasteiger partial charge is 0.354 e. The highest BCUT2D eigenvalue weighted by atomic mass is 16.4. The molecule has 0 spiro atoms. The number of aromatic carboxylic acids is 1. The lowest BCUT2D eigenvalue weighted by atomic mass is 10.1. The number of furan rings is 1. The number of carboxylic acid groups (broad SMARTS) is 1. The van der Waals surface area contributed by atoms with Gasteiger partial charge >= 0.3 is 5.97 Å². The molecule has 0 fully saturated rings. The van der Waals surface area contributed by atoms with Crippen LogP contribution in [0.4, 0.5) is 5.82 Å². The minimum absolute atomic E-state index is 0.0570. The lowest BCUT2D eigenvalue weighted by Crippen LogP contribution is -2.08. The van der Waals surface area contributed by atoms with E-state index in [1.165, 1.54) is 6.07 Å². The molecular weight excluding hydrogens is 294 g/mol. The van der Waals surface area contributed by atoms with Crippen LogP contribution in [0.2, 0.25) is 0 Å². The van der Waals surface area contributed by atoms with Crippen molar-refractivity contribution in [3.05, 3.63) is 65.7 Å². The molecule has 0 saturated carbocycles. The lowest BCUT2D eigenvalue weighted by Gasteiger charge is -2.08. The number of anilines is 1. The van der Waals surface area contributed by atoms with Crippen molar-refractivity contribution in [3.63, 3.8) is 0 Å². The Labute approximate surface area is 132 Å². The predicted molar refractivity (Wildman–Crippen MR) is 85.2 cm³/mol. The molecule has 3 rings (SSSR count). The number of carboxylic acids is 1. The van der Waals surface area contributed by atoms with Crippen LogP contribution in [0.3, 0.4) is 0 Å². The molecule has 1 aromatic carbocycles. The zero-order valence-corrected chi connectivity index (χ0v) is 12.5. The molecule has 6 heteroatoms. The average molecular weight is 309 g/mol. The normalized spacial score (nSPS) is 10.5. The Kier molecular flexibility index (Phi) is 4.05. The second kappa shape index (κ2) is 6.31. The summed E-state index contributed by atoms with van der Waals surface area (Å²) in [6.07, 6.45) is 1.58. The van der Waals surface area contributed by atoms with E-state index in [4.69, 9.17) is 4.42 Å². The van der Waals surface area contributed by atoms with Gasteiger partial charge in [0.15, 0.2) is 11.5 Å². The Bertz CT molecular complexity index is 829. The van der Waals surface area contributed by atoms with Gasteiger partial charge in [0.25, 0.3) is 0 Å². The second-order valence-electron chi connectivity index (χ2n) is 5.07. The van der Waals surface area contributed by atoms with E-state index in [9.17, 15) is 9.90 Å². The Morgan fingerprint density at radius 2 is 2.09 bits per heavy atom. The molecule has 2 aromatic heterocycles. The van der Waals surface area contributed by atoms with E-state index in [0.717, 1.165) is 16.9 Å². The summed E-state index contributed by atoms with van der Waals surface area (Å²) < 4.78 is 5.24. The number of nitrogens with zero attached hydrogens (tertiary/aromatic N) is 2. The van der Waals surface area contributed by atoms with Crippen molar-refractivity contribution < 1.29 is 14.3 Å². The van der Waals surface area contributed by atoms with Crippen molar-refractivity contribution in [1.29, 1.82) is 0 Å². The quantitative estimate of drug-likeness (QED) is 0.751. The zero-order valence-electron chi connectivity index (χ0n) is 12.5. The van der Waals surface area contributed by atoms with Crippen LogP contribution in [-0.2, 0) is 6.54 Å². The van der Waals surface area contributed by atoms with E-state index in [0.29, 0.717) is 18.2 Å². The summed E-state index contributed by atoms with van der Waals surface area (Å²) in [7, 11) is 0. The molecule has 23 heavy (non-hydrogen) atoms. The third-order valence-electron chi connectivity index (χ3n) is 3.25. The number of aryl methyl sites for hydroxylation is 1. The van der Waals surface area contributed by atoms with Crippen molar-refractivity contribution in [2.45, 2.75) is 13.5 Å². The van der Waals surface area contributed by atoms with Crippen molar-refractivity contribution in [2.24, 2.45) is 0 Å². The van der Waals surface area contributed by atoms with E-state index in [2.05, 4.69) is 15.3 Å². The van der Waals surface area contributed by atoms with Crippen molar-refractivity contribution >= 4 is 11.8 Å². The number of nitrogens with one attached hydrogen (secondary N) is 1. The first-order valence-electron chi connectivity index (χ1n) is 7.07. The minimum atomic E-state index is -1.10. The third kappa shape index (κ3) is 3.55. The van der Waals surface area contributed by atoms with Crippen LogP contribution >= 0.6 is 0 Å². The largest absolute Gasteiger partial charge is 0.477 e. The maximum Gasteiger partial charge on any atom is 0.354 e. The number of carbonyl (C=O) groups is 1. The Hall–Kier alpha value is -3.15. The SMILES string of the molecule is Cc1cccc(-c2nc(NCc3ccco3)cc(C(=O)O)n2)c1. The fourth-order valence-corrected chi connectivity index (χ4v) is 2.15. The molecule has 0 aliphatic rings. The Morgan fingerprint density at radius 1 is 1.22 bits per heavy atom. The van der Waals surface area contributed by atoms with Gasteiger partial charge in [0.1, 0.15) is 11.6 Å². The maximum atomic E-state index is 11.3. The molecule has 6 nitrogen and oxygen atoms in total. The third-order valence-corrected chi connectivity index (χ3v) is 3.25. The predicted octanol–water partition coefficient (Wildman–Crippen LogP) is 3.36. The first kappa shape index (κ1) is 14.8. The fraction of sp³-hybridized carbons (Fsp3) is 0.118. The van der Waals surface area contributed by atoms with Crippen LogP contribution in [0.15, 0.2) is 53.1 Å². The van der Waals surface area contributed by atoms with Gasteiger partial charge in [-0.15, -0.1) is 0 Å². The van der Waals surface area contributed by atoms with Gasteiger partial charge in [-0.25, -0.2) is 14.8 Å². The summed E-state index contributed by atoms with van der Waals surface area (Å²) in [4.78, 5) is 19.8. The van der Waals surface area contributed by atoms with Crippen molar-refractivity contribution in [2.75, 3.05) is 5.32 Å². The van der Waals surface area contributed by atoms with Crippen molar-refractivity contribution in [3.8, 4) is 11.4 Å². The molecule has 2 heterocycles. The highest BCUT2D eigenvalue weighted by molar-refractivity contribution is 5.87. The summed E-state index contributed by atoms with van der Waals surface area (Å²) in [6, 6.07) is 12.6. The molecule has 0 bridgehead atoms. The number of hydrogen-bond donors (Lipinski definition) is 2. The van der Waals surface area contributed by atoms with Gasteiger partial charge in [0, 0.05) is 11.6 Å². The van der Waals surface area contributed by atoms with Crippen LogP contribution < -0.4 is 5.32 Å². The molecule has 116 valence electrons. The van der Waals surface area contributed by atoms with E-state index in [1.807, 2.05) is 37.3 Å². The van der Waals surface area contributed by atoms with Crippen LogP contribution in [0.25, 0.3) is 11.4 Å². The summed E-state index contributed by atoms with van der Waals surface area (Å²) >= 11 is 0. The van der Waals surface area contributed by atoms with E-state index < -0.39 is 5.97 Å². The molecule has 0 radical (unpaired) electrons. The Balaban J connectivity index is 1.94. The van der Waals surface area contributed by atoms with E-state index in [-0.39, 0.29) is 5.69 Å². The van der Waals surface area contributed by atoms with E-state index >= 15 is 0 Å². The van der Waals surface area contributed by atoms with E-state index in [1.54, 1.807) is 12.3 Å². The first-order valence-corrected chi connectivity index (χ1v) is 7.07. The minimum Gasteiger partial charge on any atom is -0.477 e. The van der Waals surface area contributed by atoms with Gasteiger partial charge in [0.2, 0.25) is 0 Å². The van der Waals surface area contributed by atoms with Crippen molar-refractivity contribution in [1.82, 2.24) is 9.97 Å². The molecule has 0 aliphatic carbocycles. The molecule has 0 saturated heterocycles. The Morgan fingerprint density at radius 3 is 2.78 bits per heavy atom. The van der Waals surface area contributed by atoms with Gasteiger partial charge in [-0.2, -0.15) is 0 Å². The summed E-state index contributed by atoms with van der Waals surface area (Å²) in [6.45, 7) is 2.37. The van der Waals surface area contributed by atoms with Gasteiger partial charge in [-0.3, -0.25) is 0 Å². The average Bonchev–Trinajstić information content (AvgIpc) is 3.06. The standard InChI is InChI=1S/C17H15N3O3/c1-11-4-2-5-12(8-11)16-19-14(17(21)22)9-15(20-16)18-10-13-6-3-7-23-13/h2-9H,10H2,1H3,(H,21,22)(H,18,19,20).